The molecule has 2 aliphatic rings. The van der Waals surface area contributed by atoms with Crippen molar-refractivity contribution in [2.75, 3.05) is 0 Å². The molecule has 20 heavy (non-hydrogen) atoms. The van der Waals surface area contributed by atoms with Crippen LogP contribution in [0.1, 0.15) is 50.3 Å². The maximum absolute atomic E-state index is 6.39. The average molecular weight is 271 g/mol. The molecule has 1 heterocycles. The largest absolute Gasteiger partial charge is 0.490 e. The van der Waals surface area contributed by atoms with Crippen LogP contribution in [0.4, 0.5) is 0 Å². The molecule has 3 rings (SSSR count). The average Bonchev–Trinajstić information content (AvgIpc) is 2.38. The number of allylic oxidation sites excluding steroid dienone is 2. The van der Waals surface area contributed by atoms with E-state index in [9.17, 15) is 0 Å². The Bertz CT molecular complexity index is 534. The third kappa shape index (κ3) is 2.62. The molecule has 1 aliphatic carbocycles. The molecule has 108 valence electrons. The number of nitrogens with two attached hydrogens (primary N) is 1. The molecular weight excluding hydrogens is 246 g/mol. The lowest BCUT2D eigenvalue weighted by atomic mass is 9.77. The van der Waals surface area contributed by atoms with Crippen LogP contribution in [0, 0.1) is 18.8 Å². The van der Waals surface area contributed by atoms with Gasteiger partial charge in [-0.15, -0.1) is 0 Å². The molecule has 1 aromatic carbocycles. The Morgan fingerprint density at radius 1 is 1.20 bits per heavy atom. The quantitative estimate of drug-likeness (QED) is 0.779. The first kappa shape index (κ1) is 13.7. The fourth-order valence-electron chi connectivity index (χ4n) is 3.82. The summed E-state index contributed by atoms with van der Waals surface area (Å²) in [6, 6.07) is 6.49. The molecule has 0 aromatic heterocycles. The Morgan fingerprint density at radius 2 is 2.00 bits per heavy atom. The van der Waals surface area contributed by atoms with Crippen LogP contribution in [0.25, 0.3) is 0 Å². The van der Waals surface area contributed by atoms with Crippen molar-refractivity contribution < 1.29 is 4.74 Å². The van der Waals surface area contributed by atoms with E-state index in [1.807, 2.05) is 0 Å². The Hall–Kier alpha value is -1.28. The molecule has 0 amide bonds. The summed E-state index contributed by atoms with van der Waals surface area (Å²) in [5, 5.41) is 0. The maximum atomic E-state index is 6.39. The lowest BCUT2D eigenvalue weighted by molar-refractivity contribution is 0.0858. The van der Waals surface area contributed by atoms with Gasteiger partial charge in [-0.25, -0.2) is 0 Å². The van der Waals surface area contributed by atoms with Crippen LogP contribution in [-0.4, -0.2) is 6.10 Å². The van der Waals surface area contributed by atoms with Gasteiger partial charge in [0.05, 0.1) is 0 Å². The molecule has 3 unspecified atom stereocenters. The third-order valence-corrected chi connectivity index (χ3v) is 4.68. The predicted octanol–water partition coefficient (Wildman–Crippen LogP) is 4.14. The standard InChI is InChI=1S/C18H25NO/c1-11-4-5-17-15(9-11)16(19)10-18(20-17)14-7-12(2)6-13(3)8-14/h4-6,9,12,14,16,18H,7-8,10,19H2,1-3H3/t12?,14?,16-,18?/m0/s1. The number of benzene rings is 1. The lowest BCUT2D eigenvalue weighted by Gasteiger charge is -2.38. The number of fused-ring (bicyclic) bond motifs is 1. The molecule has 1 aliphatic heterocycles. The summed E-state index contributed by atoms with van der Waals surface area (Å²) in [7, 11) is 0. The molecule has 0 fully saturated rings. The summed E-state index contributed by atoms with van der Waals surface area (Å²) in [6.45, 7) is 6.65. The van der Waals surface area contributed by atoms with E-state index >= 15 is 0 Å². The van der Waals surface area contributed by atoms with Crippen LogP contribution in [0.15, 0.2) is 29.8 Å². The summed E-state index contributed by atoms with van der Waals surface area (Å²) < 4.78 is 6.29. The molecule has 0 saturated carbocycles. The van der Waals surface area contributed by atoms with E-state index in [0.717, 1.165) is 18.6 Å². The van der Waals surface area contributed by atoms with Crippen molar-refractivity contribution in [3.05, 3.63) is 41.0 Å². The first-order valence-corrected chi connectivity index (χ1v) is 7.73. The Morgan fingerprint density at radius 3 is 2.75 bits per heavy atom. The molecule has 0 radical (unpaired) electrons. The van der Waals surface area contributed by atoms with Gasteiger partial charge < -0.3 is 10.5 Å². The molecule has 1 aromatic rings. The highest BCUT2D eigenvalue weighted by Crippen LogP contribution is 2.40. The van der Waals surface area contributed by atoms with E-state index in [4.69, 9.17) is 10.5 Å². The Kier molecular flexibility index (Phi) is 3.59. The minimum atomic E-state index is 0.116. The topological polar surface area (TPSA) is 35.2 Å². The summed E-state index contributed by atoms with van der Waals surface area (Å²) in [5.74, 6) is 2.27. The van der Waals surface area contributed by atoms with E-state index in [-0.39, 0.29) is 12.1 Å². The monoisotopic (exact) mass is 271 g/mol. The summed E-state index contributed by atoms with van der Waals surface area (Å²) >= 11 is 0. The first-order valence-electron chi connectivity index (χ1n) is 7.73. The number of hydrogen-bond donors (Lipinski definition) is 1. The van der Waals surface area contributed by atoms with Crippen molar-refractivity contribution in [2.24, 2.45) is 17.6 Å². The molecule has 0 saturated heterocycles. The van der Waals surface area contributed by atoms with Crippen LogP contribution in [0.2, 0.25) is 0 Å². The molecule has 2 nitrogen and oxygen atoms in total. The van der Waals surface area contributed by atoms with Gasteiger partial charge in [-0.05, 0) is 38.7 Å². The normalized spacial score (nSPS) is 33.1. The maximum Gasteiger partial charge on any atom is 0.124 e. The predicted molar refractivity (Wildman–Crippen MR) is 82.8 cm³/mol. The van der Waals surface area contributed by atoms with Crippen molar-refractivity contribution in [3.63, 3.8) is 0 Å². The third-order valence-electron chi connectivity index (χ3n) is 4.68. The van der Waals surface area contributed by atoms with Crippen molar-refractivity contribution >= 4 is 0 Å². The second-order valence-corrected chi connectivity index (χ2v) is 6.73. The van der Waals surface area contributed by atoms with Gasteiger partial charge in [-0.3, -0.25) is 0 Å². The van der Waals surface area contributed by atoms with Crippen LogP contribution < -0.4 is 10.5 Å². The van der Waals surface area contributed by atoms with Crippen molar-refractivity contribution in [1.29, 1.82) is 0 Å². The highest BCUT2D eigenvalue weighted by molar-refractivity contribution is 5.40. The zero-order valence-corrected chi connectivity index (χ0v) is 12.7. The van der Waals surface area contributed by atoms with Gasteiger partial charge in [0.15, 0.2) is 0 Å². The SMILES string of the molecule is CC1=CC(C)CC(C2C[C@H](N)c3cc(C)ccc3O2)C1. The first-order chi connectivity index (χ1) is 9.52. The van der Waals surface area contributed by atoms with Gasteiger partial charge in [-0.2, -0.15) is 0 Å². The second-order valence-electron chi connectivity index (χ2n) is 6.73. The fraction of sp³-hybridized carbons (Fsp3) is 0.556. The Labute approximate surface area is 122 Å². The van der Waals surface area contributed by atoms with Crippen molar-refractivity contribution in [3.8, 4) is 5.75 Å². The number of ether oxygens (including phenoxy) is 1. The lowest BCUT2D eigenvalue weighted by Crippen LogP contribution is -2.37. The minimum absolute atomic E-state index is 0.116. The highest BCUT2D eigenvalue weighted by Gasteiger charge is 2.33. The fourth-order valence-corrected chi connectivity index (χ4v) is 3.82. The number of rotatable bonds is 1. The van der Waals surface area contributed by atoms with Crippen LogP contribution in [0.3, 0.4) is 0 Å². The minimum Gasteiger partial charge on any atom is -0.490 e. The van der Waals surface area contributed by atoms with Crippen molar-refractivity contribution in [2.45, 2.75) is 52.2 Å². The molecule has 4 atom stereocenters. The van der Waals surface area contributed by atoms with Crippen LogP contribution >= 0.6 is 0 Å². The van der Waals surface area contributed by atoms with Gasteiger partial charge >= 0.3 is 0 Å². The smallest absolute Gasteiger partial charge is 0.124 e. The Balaban J connectivity index is 1.81. The van der Waals surface area contributed by atoms with E-state index in [1.165, 1.54) is 23.1 Å². The molecule has 0 bridgehead atoms. The van der Waals surface area contributed by atoms with E-state index < -0.39 is 0 Å². The summed E-state index contributed by atoms with van der Waals surface area (Å²) in [5.41, 5.74) is 10.3. The summed E-state index contributed by atoms with van der Waals surface area (Å²) in [6.07, 6.45) is 5.99. The second kappa shape index (κ2) is 5.25. The van der Waals surface area contributed by atoms with E-state index in [2.05, 4.69) is 45.0 Å². The van der Waals surface area contributed by atoms with Crippen LogP contribution in [0.5, 0.6) is 5.75 Å². The number of hydrogen-bond acceptors (Lipinski definition) is 2. The molecule has 2 heteroatoms. The zero-order valence-electron chi connectivity index (χ0n) is 12.7. The van der Waals surface area contributed by atoms with Gasteiger partial charge in [-0.1, -0.05) is 36.3 Å². The van der Waals surface area contributed by atoms with Gasteiger partial charge in [0, 0.05) is 23.9 Å². The van der Waals surface area contributed by atoms with E-state index in [1.54, 1.807) is 0 Å². The van der Waals surface area contributed by atoms with E-state index in [0.29, 0.717) is 11.8 Å². The number of aryl methyl sites for hydroxylation is 1. The van der Waals surface area contributed by atoms with Gasteiger partial charge in [0.2, 0.25) is 0 Å². The summed E-state index contributed by atoms with van der Waals surface area (Å²) in [4.78, 5) is 0. The molecular formula is C18H25NO. The zero-order chi connectivity index (χ0) is 14.3. The molecule has 2 N–H and O–H groups in total. The van der Waals surface area contributed by atoms with Crippen molar-refractivity contribution in [1.82, 2.24) is 0 Å². The van der Waals surface area contributed by atoms with Gasteiger partial charge in [0.25, 0.3) is 0 Å². The van der Waals surface area contributed by atoms with Crippen LogP contribution in [-0.2, 0) is 0 Å². The van der Waals surface area contributed by atoms with Gasteiger partial charge in [0.1, 0.15) is 11.9 Å². The highest BCUT2D eigenvalue weighted by atomic mass is 16.5. The molecule has 0 spiro atoms.